The normalized spacial score (nSPS) is 11.0. The fraction of sp³-hybridized carbons (Fsp3) is 0.143. The van der Waals surface area contributed by atoms with Gasteiger partial charge in [-0.3, -0.25) is 4.79 Å². The smallest absolute Gasteiger partial charge is 0.277 e. The van der Waals surface area contributed by atoms with Crippen molar-refractivity contribution in [2.75, 3.05) is 5.75 Å². The van der Waals surface area contributed by atoms with E-state index >= 15 is 0 Å². The summed E-state index contributed by atoms with van der Waals surface area (Å²) < 4.78 is 7.05. The summed E-state index contributed by atoms with van der Waals surface area (Å²) in [6, 6.07) is 6.69. The molecule has 2 heterocycles. The lowest BCUT2D eigenvalue weighted by Gasteiger charge is -1.99. The van der Waals surface area contributed by atoms with Crippen LogP contribution in [0.3, 0.4) is 0 Å². The number of carbonyl (C=O) groups is 1. The van der Waals surface area contributed by atoms with E-state index in [1.165, 1.54) is 6.33 Å². The van der Waals surface area contributed by atoms with E-state index in [4.69, 9.17) is 39.2 Å². The first-order chi connectivity index (χ1) is 11.5. The molecule has 24 heavy (non-hydrogen) atoms. The fourth-order valence-corrected chi connectivity index (χ4v) is 2.91. The Hall–Kier alpha value is -1.54. The van der Waals surface area contributed by atoms with E-state index in [-0.39, 0.29) is 23.2 Å². The quantitative estimate of drug-likeness (QED) is 0.452. The van der Waals surface area contributed by atoms with Crippen molar-refractivity contribution in [1.29, 1.82) is 0 Å². The molecule has 0 saturated heterocycles. The minimum Gasteiger partial charge on any atom is -0.414 e. The summed E-state index contributed by atoms with van der Waals surface area (Å²) in [5, 5.41) is 9.18. The van der Waals surface area contributed by atoms with E-state index in [1.807, 2.05) is 0 Å². The number of nitrogens with zero attached hydrogens (tertiary/aromatic N) is 4. The summed E-state index contributed by atoms with van der Waals surface area (Å²) in [6.07, 6.45) is 1.48. The van der Waals surface area contributed by atoms with Gasteiger partial charge in [-0.1, -0.05) is 46.6 Å². The van der Waals surface area contributed by atoms with Gasteiger partial charge in [0.25, 0.3) is 5.22 Å². The Bertz CT molecular complexity index is 863. The van der Waals surface area contributed by atoms with Crippen LogP contribution in [0.15, 0.2) is 40.2 Å². The molecule has 0 aliphatic rings. The highest BCUT2D eigenvalue weighted by molar-refractivity contribution is 7.99. The van der Waals surface area contributed by atoms with Crippen LogP contribution in [0.1, 0.15) is 16.2 Å². The fourth-order valence-electron chi connectivity index (χ4n) is 1.81. The van der Waals surface area contributed by atoms with Crippen LogP contribution in [0.5, 0.6) is 0 Å². The van der Waals surface area contributed by atoms with Crippen LogP contribution in [-0.2, 0) is 6.54 Å². The number of carbonyl (C=O) groups excluding carboxylic acids is 1. The summed E-state index contributed by atoms with van der Waals surface area (Å²) in [7, 11) is 0. The van der Waals surface area contributed by atoms with Crippen LogP contribution in [0.2, 0.25) is 15.3 Å². The minimum atomic E-state index is -0.0548. The highest BCUT2D eigenvalue weighted by atomic mass is 35.5. The Labute approximate surface area is 156 Å². The number of imidazole rings is 1. The Morgan fingerprint density at radius 1 is 1.17 bits per heavy atom. The zero-order chi connectivity index (χ0) is 17.1. The van der Waals surface area contributed by atoms with E-state index in [0.29, 0.717) is 26.9 Å². The maximum Gasteiger partial charge on any atom is 0.277 e. The third kappa shape index (κ3) is 4.10. The Balaban J connectivity index is 1.59. The molecule has 0 bridgehead atoms. The number of hydrogen-bond acceptors (Lipinski definition) is 6. The second kappa shape index (κ2) is 7.57. The summed E-state index contributed by atoms with van der Waals surface area (Å²) in [5.41, 5.74) is 0.575. The zero-order valence-electron chi connectivity index (χ0n) is 11.9. The zero-order valence-corrected chi connectivity index (χ0v) is 15.0. The molecule has 2 aromatic heterocycles. The molecule has 0 N–H and O–H groups in total. The van der Waals surface area contributed by atoms with Crippen LogP contribution in [0.4, 0.5) is 0 Å². The number of benzene rings is 1. The maximum atomic E-state index is 12.1. The monoisotopic (exact) mass is 402 g/mol. The van der Waals surface area contributed by atoms with Gasteiger partial charge in [0.05, 0.1) is 12.1 Å². The van der Waals surface area contributed by atoms with E-state index < -0.39 is 0 Å². The predicted octanol–water partition coefficient (Wildman–Crippen LogP) is 4.25. The molecule has 0 fully saturated rings. The minimum absolute atomic E-state index is 0.0548. The van der Waals surface area contributed by atoms with Gasteiger partial charge in [0.2, 0.25) is 5.89 Å². The van der Waals surface area contributed by atoms with Crippen molar-refractivity contribution in [3.8, 4) is 0 Å². The largest absolute Gasteiger partial charge is 0.414 e. The summed E-state index contributed by atoms with van der Waals surface area (Å²) in [4.78, 5) is 15.9. The first kappa shape index (κ1) is 17.3. The molecular formula is C14H9Cl3N4O2S. The highest BCUT2D eigenvalue weighted by Gasteiger charge is 2.13. The number of thioether (sulfide) groups is 1. The molecule has 0 radical (unpaired) electrons. The Kier molecular flexibility index (Phi) is 5.45. The molecule has 0 unspecified atom stereocenters. The van der Waals surface area contributed by atoms with Crippen molar-refractivity contribution in [1.82, 2.24) is 19.7 Å². The number of ketones is 1. The number of hydrogen-bond donors (Lipinski definition) is 0. The molecule has 0 saturated carbocycles. The lowest BCUT2D eigenvalue weighted by atomic mass is 10.1. The third-order valence-electron chi connectivity index (χ3n) is 2.98. The lowest BCUT2D eigenvalue weighted by Crippen LogP contribution is -2.01. The summed E-state index contributed by atoms with van der Waals surface area (Å²) in [5.74, 6) is 0.467. The molecule has 0 atom stereocenters. The van der Waals surface area contributed by atoms with Crippen molar-refractivity contribution in [3.05, 3.63) is 57.4 Å². The van der Waals surface area contributed by atoms with Crippen molar-refractivity contribution < 1.29 is 9.21 Å². The second-order valence-electron chi connectivity index (χ2n) is 4.63. The third-order valence-corrected chi connectivity index (χ3v) is 4.82. The Morgan fingerprint density at radius 2 is 1.92 bits per heavy atom. The van der Waals surface area contributed by atoms with Crippen molar-refractivity contribution in [2.24, 2.45) is 0 Å². The molecule has 1 aromatic carbocycles. The molecular weight excluding hydrogens is 395 g/mol. The average Bonchev–Trinajstić information content (AvgIpc) is 3.15. The van der Waals surface area contributed by atoms with Crippen LogP contribution in [-0.4, -0.2) is 31.3 Å². The van der Waals surface area contributed by atoms with Crippen molar-refractivity contribution in [2.45, 2.75) is 11.8 Å². The van der Waals surface area contributed by atoms with E-state index in [1.54, 1.807) is 28.8 Å². The number of rotatable bonds is 6. The highest BCUT2D eigenvalue weighted by Crippen LogP contribution is 2.22. The molecule has 3 rings (SSSR count). The summed E-state index contributed by atoms with van der Waals surface area (Å²) >= 11 is 18.7. The maximum absolute atomic E-state index is 12.1. The first-order valence-corrected chi connectivity index (χ1v) is 8.75. The summed E-state index contributed by atoms with van der Waals surface area (Å²) in [6.45, 7) is 0.247. The van der Waals surface area contributed by atoms with Gasteiger partial charge in [0, 0.05) is 10.6 Å². The van der Waals surface area contributed by atoms with E-state index in [9.17, 15) is 4.79 Å². The topological polar surface area (TPSA) is 73.8 Å². The number of aromatic nitrogens is 4. The van der Waals surface area contributed by atoms with Gasteiger partial charge in [-0.05, 0) is 24.3 Å². The molecule has 0 aliphatic carbocycles. The molecule has 0 amide bonds. The average molecular weight is 404 g/mol. The van der Waals surface area contributed by atoms with Gasteiger partial charge in [0.1, 0.15) is 11.7 Å². The van der Waals surface area contributed by atoms with Gasteiger partial charge < -0.3 is 8.98 Å². The number of Topliss-reactive ketones (excluding diaryl/α,β-unsaturated/α-hetero) is 1. The number of halogens is 3. The van der Waals surface area contributed by atoms with E-state index in [2.05, 4.69) is 15.2 Å². The molecule has 0 aliphatic heterocycles. The van der Waals surface area contributed by atoms with E-state index in [0.717, 1.165) is 11.8 Å². The standard InChI is InChI=1S/C14H9Cl3N4O2S/c15-9-3-1-8(2-4-9)10(22)6-24-14-20-19-11(23-14)5-21-7-18-12(16)13(21)17/h1-4,7H,5-6H2. The first-order valence-electron chi connectivity index (χ1n) is 6.63. The van der Waals surface area contributed by atoms with Crippen molar-refractivity contribution >= 4 is 52.3 Å². The van der Waals surface area contributed by atoms with Gasteiger partial charge in [-0.25, -0.2) is 4.98 Å². The van der Waals surface area contributed by atoms with Gasteiger partial charge in [0.15, 0.2) is 10.9 Å². The SMILES string of the molecule is O=C(CSc1nnc(Cn2cnc(Cl)c2Cl)o1)c1ccc(Cl)cc1. The lowest BCUT2D eigenvalue weighted by molar-refractivity contribution is 0.102. The van der Waals surface area contributed by atoms with Crippen LogP contribution in [0, 0.1) is 0 Å². The molecule has 6 nitrogen and oxygen atoms in total. The van der Waals surface area contributed by atoms with Gasteiger partial charge in [-0.2, -0.15) is 0 Å². The van der Waals surface area contributed by atoms with Gasteiger partial charge in [-0.15, -0.1) is 10.2 Å². The molecule has 0 spiro atoms. The molecule has 124 valence electrons. The van der Waals surface area contributed by atoms with Crippen LogP contribution >= 0.6 is 46.6 Å². The van der Waals surface area contributed by atoms with Gasteiger partial charge >= 0.3 is 0 Å². The second-order valence-corrected chi connectivity index (χ2v) is 6.71. The van der Waals surface area contributed by atoms with Crippen LogP contribution in [0.25, 0.3) is 0 Å². The van der Waals surface area contributed by atoms with Crippen molar-refractivity contribution in [3.63, 3.8) is 0 Å². The predicted molar refractivity (Wildman–Crippen MR) is 92.2 cm³/mol. The Morgan fingerprint density at radius 3 is 2.58 bits per heavy atom. The molecule has 10 heteroatoms. The molecule has 3 aromatic rings. The van der Waals surface area contributed by atoms with Crippen LogP contribution < -0.4 is 0 Å².